The van der Waals surface area contributed by atoms with Crippen molar-refractivity contribution in [2.45, 2.75) is 38.1 Å². The molecular weight excluding hydrogens is 242 g/mol. The van der Waals surface area contributed by atoms with Gasteiger partial charge >= 0.3 is 0 Å². The van der Waals surface area contributed by atoms with E-state index in [1.54, 1.807) is 0 Å². The Labute approximate surface area is 116 Å². The minimum atomic E-state index is 0.849. The van der Waals surface area contributed by atoms with Gasteiger partial charge < -0.3 is 10.1 Å². The fourth-order valence-corrected chi connectivity index (χ4v) is 2.43. The summed E-state index contributed by atoms with van der Waals surface area (Å²) in [4.78, 5) is 1.34. The van der Waals surface area contributed by atoms with Crippen molar-refractivity contribution in [1.29, 1.82) is 0 Å². The lowest BCUT2D eigenvalue weighted by Gasteiger charge is -2.06. The van der Waals surface area contributed by atoms with Crippen molar-refractivity contribution < 1.29 is 4.74 Å². The molecule has 1 N–H and O–H groups in total. The third-order valence-corrected chi connectivity index (χ3v) is 3.57. The van der Waals surface area contributed by atoms with Gasteiger partial charge in [-0.15, -0.1) is 11.8 Å². The Morgan fingerprint density at radius 3 is 2.89 bits per heavy atom. The fraction of sp³-hybridized carbons (Fsp3) is 0.600. The molecule has 1 rings (SSSR count). The van der Waals surface area contributed by atoms with Gasteiger partial charge in [-0.25, -0.2) is 0 Å². The molecule has 0 spiro atoms. The van der Waals surface area contributed by atoms with Gasteiger partial charge in [-0.1, -0.05) is 32.4 Å². The molecule has 0 fully saturated rings. The van der Waals surface area contributed by atoms with Gasteiger partial charge in [0.1, 0.15) is 0 Å². The fourth-order valence-electron chi connectivity index (χ4n) is 1.58. The summed E-state index contributed by atoms with van der Waals surface area (Å²) in [6.45, 7) is 8.04. The lowest BCUT2D eigenvalue weighted by Crippen LogP contribution is -2.11. The molecule has 0 atom stereocenters. The lowest BCUT2D eigenvalue weighted by molar-refractivity contribution is 0.147. The van der Waals surface area contributed by atoms with Crippen molar-refractivity contribution in [3.63, 3.8) is 0 Å². The van der Waals surface area contributed by atoms with Gasteiger partial charge in [-0.2, -0.15) is 0 Å². The van der Waals surface area contributed by atoms with E-state index < -0.39 is 0 Å². The number of hydrogen-bond donors (Lipinski definition) is 1. The molecule has 2 nitrogen and oxygen atoms in total. The Kier molecular flexibility index (Phi) is 9.00. The van der Waals surface area contributed by atoms with Gasteiger partial charge in [-0.05, 0) is 30.7 Å². The van der Waals surface area contributed by atoms with E-state index in [9.17, 15) is 0 Å². The average Bonchev–Trinajstić information content (AvgIpc) is 2.41. The standard InChI is InChI=1S/C15H25NOS/c1-3-5-9-17-10-11-18-15-8-6-7-14(12-15)13-16-4-2/h6-8,12,16H,3-5,9-11,13H2,1-2H3. The number of benzene rings is 1. The second-order valence-corrected chi connectivity index (χ2v) is 5.41. The third-order valence-electron chi connectivity index (χ3n) is 2.62. The SMILES string of the molecule is CCCCOCCSc1cccc(CNCC)c1. The Bertz CT molecular complexity index is 317. The number of hydrogen-bond acceptors (Lipinski definition) is 3. The molecule has 0 radical (unpaired) electrons. The molecule has 18 heavy (non-hydrogen) atoms. The minimum Gasteiger partial charge on any atom is -0.381 e. The quantitative estimate of drug-likeness (QED) is 0.516. The van der Waals surface area contributed by atoms with Crippen LogP contribution in [0.3, 0.4) is 0 Å². The van der Waals surface area contributed by atoms with Gasteiger partial charge in [0.05, 0.1) is 6.61 Å². The topological polar surface area (TPSA) is 21.3 Å². The van der Waals surface area contributed by atoms with E-state index in [0.29, 0.717) is 0 Å². The van der Waals surface area contributed by atoms with E-state index in [4.69, 9.17) is 4.74 Å². The van der Waals surface area contributed by atoms with Crippen LogP contribution in [0, 0.1) is 0 Å². The molecule has 0 saturated heterocycles. The molecule has 1 aromatic carbocycles. The van der Waals surface area contributed by atoms with Crippen molar-refractivity contribution in [2.75, 3.05) is 25.5 Å². The van der Waals surface area contributed by atoms with Gasteiger partial charge in [0.15, 0.2) is 0 Å². The number of thioether (sulfide) groups is 1. The summed E-state index contributed by atoms with van der Waals surface area (Å²) in [5, 5.41) is 3.35. The molecule has 102 valence electrons. The molecule has 1 aromatic rings. The van der Waals surface area contributed by atoms with Crippen LogP contribution < -0.4 is 5.32 Å². The average molecular weight is 267 g/mol. The van der Waals surface area contributed by atoms with E-state index in [2.05, 4.69) is 43.4 Å². The largest absolute Gasteiger partial charge is 0.381 e. The summed E-state index contributed by atoms with van der Waals surface area (Å²) in [5.74, 6) is 1.04. The second kappa shape index (κ2) is 10.4. The predicted molar refractivity (Wildman–Crippen MR) is 80.3 cm³/mol. The van der Waals surface area contributed by atoms with Crippen molar-refractivity contribution in [3.05, 3.63) is 29.8 Å². The summed E-state index contributed by atoms with van der Waals surface area (Å²) >= 11 is 1.87. The van der Waals surface area contributed by atoms with Crippen LogP contribution in [0.1, 0.15) is 32.3 Å². The van der Waals surface area contributed by atoms with E-state index in [-0.39, 0.29) is 0 Å². The Hall–Kier alpha value is -0.510. The summed E-state index contributed by atoms with van der Waals surface area (Å²) in [7, 11) is 0. The van der Waals surface area contributed by atoms with Gasteiger partial charge in [0.2, 0.25) is 0 Å². The first-order valence-corrected chi connectivity index (χ1v) is 7.85. The van der Waals surface area contributed by atoms with Crippen LogP contribution in [0.15, 0.2) is 29.2 Å². The van der Waals surface area contributed by atoms with Crippen molar-refractivity contribution in [2.24, 2.45) is 0 Å². The minimum absolute atomic E-state index is 0.849. The highest BCUT2D eigenvalue weighted by Crippen LogP contribution is 2.18. The molecule has 0 aliphatic carbocycles. The zero-order chi connectivity index (χ0) is 13.1. The molecule has 0 aromatic heterocycles. The van der Waals surface area contributed by atoms with E-state index in [1.165, 1.54) is 23.3 Å². The molecule has 0 bridgehead atoms. The monoisotopic (exact) mass is 267 g/mol. The maximum Gasteiger partial charge on any atom is 0.0560 e. The molecule has 0 amide bonds. The predicted octanol–water partition coefficient (Wildman–Crippen LogP) is 3.70. The van der Waals surface area contributed by atoms with Crippen LogP contribution in [-0.4, -0.2) is 25.5 Å². The molecule has 0 aliphatic heterocycles. The third kappa shape index (κ3) is 7.04. The van der Waals surface area contributed by atoms with Crippen LogP contribution in [-0.2, 0) is 11.3 Å². The molecule has 0 unspecified atom stereocenters. The summed E-state index contributed by atoms with van der Waals surface area (Å²) < 4.78 is 5.56. The molecule has 0 saturated carbocycles. The Morgan fingerprint density at radius 1 is 1.22 bits per heavy atom. The van der Waals surface area contributed by atoms with Crippen molar-refractivity contribution >= 4 is 11.8 Å². The lowest BCUT2D eigenvalue weighted by atomic mass is 10.2. The van der Waals surface area contributed by atoms with E-state index >= 15 is 0 Å². The molecule has 0 heterocycles. The first-order valence-electron chi connectivity index (χ1n) is 6.87. The number of nitrogens with one attached hydrogen (secondary N) is 1. The number of rotatable bonds is 10. The maximum absolute atomic E-state index is 5.56. The number of ether oxygens (including phenoxy) is 1. The number of unbranched alkanes of at least 4 members (excludes halogenated alkanes) is 1. The van der Waals surface area contributed by atoms with Crippen molar-refractivity contribution in [3.8, 4) is 0 Å². The highest BCUT2D eigenvalue weighted by Gasteiger charge is 1.97. The first kappa shape index (κ1) is 15.5. The van der Waals surface area contributed by atoms with Crippen LogP contribution in [0.2, 0.25) is 0 Å². The second-order valence-electron chi connectivity index (χ2n) is 4.24. The Morgan fingerprint density at radius 2 is 2.11 bits per heavy atom. The van der Waals surface area contributed by atoms with Gasteiger partial charge in [0, 0.05) is 23.8 Å². The van der Waals surface area contributed by atoms with Crippen LogP contribution in [0.25, 0.3) is 0 Å². The summed E-state index contributed by atoms with van der Waals surface area (Å²) in [5.41, 5.74) is 1.36. The molecule has 3 heteroatoms. The van der Waals surface area contributed by atoms with Gasteiger partial charge in [-0.3, -0.25) is 0 Å². The van der Waals surface area contributed by atoms with Crippen molar-refractivity contribution in [1.82, 2.24) is 5.32 Å². The Balaban J connectivity index is 2.20. The van der Waals surface area contributed by atoms with Crippen LogP contribution in [0.5, 0.6) is 0 Å². The summed E-state index contributed by atoms with van der Waals surface area (Å²) in [6, 6.07) is 8.74. The summed E-state index contributed by atoms with van der Waals surface area (Å²) in [6.07, 6.45) is 2.38. The normalized spacial score (nSPS) is 10.8. The zero-order valence-corrected chi connectivity index (χ0v) is 12.4. The van der Waals surface area contributed by atoms with E-state index in [0.717, 1.165) is 32.1 Å². The van der Waals surface area contributed by atoms with Gasteiger partial charge in [0.25, 0.3) is 0 Å². The smallest absolute Gasteiger partial charge is 0.0560 e. The van der Waals surface area contributed by atoms with Crippen LogP contribution >= 0.6 is 11.8 Å². The molecular formula is C15H25NOS. The highest BCUT2D eigenvalue weighted by molar-refractivity contribution is 7.99. The highest BCUT2D eigenvalue weighted by atomic mass is 32.2. The zero-order valence-electron chi connectivity index (χ0n) is 11.6. The van der Waals surface area contributed by atoms with E-state index in [1.807, 2.05) is 11.8 Å². The molecule has 0 aliphatic rings. The van der Waals surface area contributed by atoms with Crippen LogP contribution in [0.4, 0.5) is 0 Å². The first-order chi connectivity index (χ1) is 8.86. The maximum atomic E-state index is 5.56.